The van der Waals surface area contributed by atoms with E-state index in [1.165, 1.54) is 57.4 Å². The summed E-state index contributed by atoms with van der Waals surface area (Å²) in [5.41, 5.74) is 12.3. The molecule has 2 aromatic heterocycles. The van der Waals surface area contributed by atoms with Crippen LogP contribution in [0.5, 0.6) is 0 Å². The number of aryl methyl sites for hydroxylation is 1. The van der Waals surface area contributed by atoms with Crippen molar-refractivity contribution in [1.82, 2.24) is 39.6 Å². The van der Waals surface area contributed by atoms with Gasteiger partial charge in [0.2, 0.25) is 5.95 Å². The molecule has 2 aliphatic heterocycles. The number of aromatic nitrogens is 4. The normalized spacial score (nSPS) is 20.1. The van der Waals surface area contributed by atoms with Crippen LogP contribution in [0, 0.1) is 5.92 Å². The summed E-state index contributed by atoms with van der Waals surface area (Å²) in [4.78, 5) is 34.5. The monoisotopic (exact) mass is 560 g/mol. The van der Waals surface area contributed by atoms with Crippen LogP contribution in [0.15, 0.2) is 30.6 Å². The Labute approximate surface area is 242 Å². The molecule has 11 nitrogen and oxygen atoms in total. The Bertz CT molecular complexity index is 1320. The molecule has 220 valence electrons. The van der Waals surface area contributed by atoms with Crippen molar-refractivity contribution >= 4 is 28.8 Å². The summed E-state index contributed by atoms with van der Waals surface area (Å²) in [7, 11) is 4.10. The Morgan fingerprint density at radius 1 is 0.976 bits per heavy atom. The van der Waals surface area contributed by atoms with Crippen LogP contribution < -0.4 is 16.2 Å². The van der Waals surface area contributed by atoms with Crippen LogP contribution in [-0.4, -0.2) is 99.0 Å². The number of nitrogens with one attached hydrogen (secondary N) is 1. The summed E-state index contributed by atoms with van der Waals surface area (Å²) >= 11 is 0. The number of fused-ring (bicyclic) bond motifs is 1. The highest BCUT2D eigenvalue weighted by Crippen LogP contribution is 2.29. The molecule has 0 radical (unpaired) electrons. The van der Waals surface area contributed by atoms with Gasteiger partial charge in [-0.15, -0.1) is 0 Å². The molecule has 1 amide bonds. The molecule has 1 saturated carbocycles. The highest BCUT2D eigenvalue weighted by molar-refractivity contribution is 5.96. The molecular formula is C30H44N10O. The van der Waals surface area contributed by atoms with E-state index in [-0.39, 0.29) is 11.9 Å². The maximum absolute atomic E-state index is 13.5. The standard InChI is InChI=1S/C30H44N10O/c1-36-15-17-39(18-16-36)25-11-13-38(14-12-25)19-23-7-9-24(10-8-23)29(41)35-40(20-22-5-3-4-6-22)28-26-27(33-30(31)34-28)37(2)21-32-26/h7-10,21-22,25H,3-6,11-20H2,1-2H3,(H,35,41)(H2,31,33,34). The second-order valence-corrected chi connectivity index (χ2v) is 12.2. The molecule has 41 heavy (non-hydrogen) atoms. The molecule has 6 rings (SSSR count). The van der Waals surface area contributed by atoms with E-state index in [1.54, 1.807) is 6.33 Å². The number of anilines is 2. The molecule has 0 atom stereocenters. The molecule has 11 heteroatoms. The van der Waals surface area contributed by atoms with Crippen molar-refractivity contribution in [3.05, 3.63) is 41.7 Å². The Morgan fingerprint density at radius 3 is 2.39 bits per heavy atom. The molecule has 3 aromatic rings. The Kier molecular flexibility index (Phi) is 8.36. The number of benzene rings is 1. The van der Waals surface area contributed by atoms with Gasteiger partial charge in [0.05, 0.1) is 6.33 Å². The third kappa shape index (κ3) is 6.47. The first-order valence-corrected chi connectivity index (χ1v) is 15.2. The number of rotatable bonds is 8. The third-order valence-electron chi connectivity index (χ3n) is 9.20. The molecule has 2 saturated heterocycles. The number of nitrogens with zero attached hydrogens (tertiary/aromatic N) is 8. The number of piperazine rings is 1. The van der Waals surface area contributed by atoms with Crippen LogP contribution in [0.25, 0.3) is 11.2 Å². The number of hydrazine groups is 1. The number of carbonyl (C=O) groups is 1. The average Bonchev–Trinajstić information content (AvgIpc) is 3.63. The fraction of sp³-hybridized carbons (Fsp3) is 0.600. The van der Waals surface area contributed by atoms with E-state index in [1.807, 2.05) is 28.8 Å². The Hall–Kier alpha value is -3.28. The maximum atomic E-state index is 13.5. The summed E-state index contributed by atoms with van der Waals surface area (Å²) in [5, 5.41) is 1.84. The molecular weight excluding hydrogens is 516 g/mol. The highest BCUT2D eigenvalue weighted by Gasteiger charge is 2.27. The van der Waals surface area contributed by atoms with Gasteiger partial charge in [-0.3, -0.25) is 25.0 Å². The van der Waals surface area contributed by atoms with Crippen LogP contribution in [0.1, 0.15) is 54.4 Å². The van der Waals surface area contributed by atoms with Gasteiger partial charge in [-0.25, -0.2) is 4.98 Å². The van der Waals surface area contributed by atoms with Crippen molar-refractivity contribution in [2.75, 3.05) is 63.6 Å². The van der Waals surface area contributed by atoms with Crippen molar-refractivity contribution < 1.29 is 4.79 Å². The van der Waals surface area contributed by atoms with Gasteiger partial charge in [-0.1, -0.05) is 25.0 Å². The lowest BCUT2D eigenvalue weighted by Crippen LogP contribution is -2.52. The maximum Gasteiger partial charge on any atom is 0.269 e. The van der Waals surface area contributed by atoms with Crippen LogP contribution in [0.3, 0.4) is 0 Å². The number of likely N-dealkylation sites (N-methyl/N-ethyl adjacent to an activating group) is 1. The van der Waals surface area contributed by atoms with Gasteiger partial charge in [0.15, 0.2) is 17.0 Å². The SMILES string of the molecule is CN1CCN(C2CCN(Cc3ccc(C(=O)NN(CC4CCCC4)c4nc(N)nc5c4ncn5C)cc3)CC2)CC1. The fourth-order valence-corrected chi connectivity index (χ4v) is 6.67. The van der Waals surface area contributed by atoms with Crippen LogP contribution in [-0.2, 0) is 13.6 Å². The summed E-state index contributed by atoms with van der Waals surface area (Å²) in [6, 6.07) is 8.75. The van der Waals surface area contributed by atoms with Crippen LogP contribution in [0.4, 0.5) is 11.8 Å². The molecule has 3 fully saturated rings. The number of amides is 1. The number of likely N-dealkylation sites (tertiary alicyclic amines) is 1. The van der Waals surface area contributed by atoms with Gasteiger partial charge in [-0.2, -0.15) is 9.97 Å². The zero-order valence-corrected chi connectivity index (χ0v) is 24.5. The number of imidazole rings is 1. The zero-order valence-electron chi connectivity index (χ0n) is 24.5. The topological polar surface area (TPSA) is 112 Å². The Balaban J connectivity index is 1.09. The van der Waals surface area contributed by atoms with Crippen molar-refractivity contribution in [3.8, 4) is 0 Å². The summed E-state index contributed by atoms with van der Waals surface area (Å²) in [6.45, 7) is 8.58. The quantitative estimate of drug-likeness (QED) is 0.402. The smallest absolute Gasteiger partial charge is 0.269 e. The van der Waals surface area contributed by atoms with Crippen molar-refractivity contribution in [2.45, 2.75) is 51.1 Å². The van der Waals surface area contributed by atoms with Crippen LogP contribution in [0.2, 0.25) is 0 Å². The number of hydrogen-bond donors (Lipinski definition) is 2. The van der Waals surface area contributed by atoms with E-state index < -0.39 is 0 Å². The van der Waals surface area contributed by atoms with E-state index >= 15 is 0 Å². The third-order valence-corrected chi connectivity index (χ3v) is 9.20. The first-order valence-electron chi connectivity index (χ1n) is 15.2. The first-order chi connectivity index (χ1) is 19.9. The molecule has 3 N–H and O–H groups in total. The predicted octanol–water partition coefficient (Wildman–Crippen LogP) is 2.50. The minimum atomic E-state index is -0.163. The number of hydrogen-bond acceptors (Lipinski definition) is 9. The summed E-state index contributed by atoms with van der Waals surface area (Å²) in [6.07, 6.45) is 8.87. The summed E-state index contributed by atoms with van der Waals surface area (Å²) < 4.78 is 1.82. The lowest BCUT2D eigenvalue weighted by atomic mass is 10.0. The molecule has 0 unspecified atom stereocenters. The van der Waals surface area contributed by atoms with Gasteiger partial charge in [0.25, 0.3) is 5.91 Å². The number of carbonyl (C=O) groups excluding carboxylic acids is 1. The highest BCUT2D eigenvalue weighted by atomic mass is 16.2. The molecule has 3 aliphatic rings. The number of nitrogens with two attached hydrogens (primary N) is 1. The fourth-order valence-electron chi connectivity index (χ4n) is 6.67. The minimum absolute atomic E-state index is 0.163. The second kappa shape index (κ2) is 12.3. The van der Waals surface area contributed by atoms with E-state index in [0.29, 0.717) is 35.0 Å². The largest absolute Gasteiger partial charge is 0.368 e. The van der Waals surface area contributed by atoms with Gasteiger partial charge in [0.1, 0.15) is 0 Å². The Morgan fingerprint density at radius 2 is 1.68 bits per heavy atom. The van der Waals surface area contributed by atoms with Gasteiger partial charge < -0.3 is 15.2 Å². The van der Waals surface area contributed by atoms with Crippen molar-refractivity contribution in [3.63, 3.8) is 0 Å². The lowest BCUT2D eigenvalue weighted by molar-refractivity contribution is 0.0658. The van der Waals surface area contributed by atoms with Crippen molar-refractivity contribution in [2.24, 2.45) is 13.0 Å². The van der Waals surface area contributed by atoms with Gasteiger partial charge >= 0.3 is 0 Å². The second-order valence-electron chi connectivity index (χ2n) is 12.2. The van der Waals surface area contributed by atoms with Crippen LogP contribution >= 0.6 is 0 Å². The average molecular weight is 561 g/mol. The minimum Gasteiger partial charge on any atom is -0.368 e. The van der Waals surface area contributed by atoms with E-state index in [0.717, 1.165) is 38.5 Å². The number of nitrogen functional groups attached to an aromatic ring is 1. The molecule has 0 bridgehead atoms. The molecule has 1 aromatic carbocycles. The van der Waals surface area contributed by atoms with Gasteiger partial charge in [0, 0.05) is 57.9 Å². The number of piperidine rings is 1. The van der Waals surface area contributed by atoms with E-state index in [9.17, 15) is 4.79 Å². The molecule has 4 heterocycles. The summed E-state index contributed by atoms with van der Waals surface area (Å²) in [5.74, 6) is 1.03. The van der Waals surface area contributed by atoms with E-state index in [4.69, 9.17) is 5.73 Å². The van der Waals surface area contributed by atoms with Crippen molar-refractivity contribution in [1.29, 1.82) is 0 Å². The molecule has 1 aliphatic carbocycles. The molecule has 0 spiro atoms. The predicted molar refractivity (Wildman–Crippen MR) is 161 cm³/mol. The first kappa shape index (κ1) is 27.9. The zero-order chi connectivity index (χ0) is 28.3. The van der Waals surface area contributed by atoms with E-state index in [2.05, 4.69) is 54.3 Å². The van der Waals surface area contributed by atoms with Gasteiger partial charge in [-0.05, 0) is 69.4 Å². The lowest BCUT2D eigenvalue weighted by Gasteiger charge is -2.42.